The summed E-state index contributed by atoms with van der Waals surface area (Å²) in [6.45, 7) is 7.53. The van der Waals surface area contributed by atoms with E-state index in [2.05, 4.69) is 4.99 Å². The van der Waals surface area contributed by atoms with Gasteiger partial charge in [0.15, 0.2) is 0 Å². The van der Waals surface area contributed by atoms with E-state index in [1.54, 1.807) is 13.1 Å². The van der Waals surface area contributed by atoms with Gasteiger partial charge < -0.3 is 5.41 Å². The Hall–Kier alpha value is -0.920. The van der Waals surface area contributed by atoms with Crippen LogP contribution >= 0.6 is 0 Å². The molecule has 0 atom stereocenters. The number of nitrogens with one attached hydrogen (secondary N) is 1. The average Bonchev–Trinajstić information content (AvgIpc) is 1.82. The summed E-state index contributed by atoms with van der Waals surface area (Å²) in [6.07, 6.45) is 1.77. The Labute approximate surface area is 62.2 Å². The van der Waals surface area contributed by atoms with Crippen molar-refractivity contribution in [2.24, 2.45) is 4.99 Å². The van der Waals surface area contributed by atoms with Gasteiger partial charge in [0.1, 0.15) is 0 Å². The van der Waals surface area contributed by atoms with Crippen LogP contribution in [-0.2, 0) is 0 Å². The fourth-order valence-electron chi connectivity index (χ4n) is 0.323. The van der Waals surface area contributed by atoms with Crippen molar-refractivity contribution in [3.63, 3.8) is 0 Å². The maximum atomic E-state index is 7.18. The van der Waals surface area contributed by atoms with Crippen LogP contribution in [0, 0.1) is 5.41 Å². The summed E-state index contributed by atoms with van der Waals surface area (Å²) in [5.74, 6) is 0. The van der Waals surface area contributed by atoms with E-state index in [9.17, 15) is 0 Å². The van der Waals surface area contributed by atoms with Crippen LogP contribution in [0.3, 0.4) is 0 Å². The first-order valence-electron chi connectivity index (χ1n) is 3.27. The van der Waals surface area contributed by atoms with Crippen LogP contribution in [0.15, 0.2) is 16.8 Å². The minimum atomic E-state index is 0.525. The van der Waals surface area contributed by atoms with E-state index in [4.69, 9.17) is 5.41 Å². The summed E-state index contributed by atoms with van der Waals surface area (Å²) in [6, 6.07) is 0. The van der Waals surface area contributed by atoms with Gasteiger partial charge in [0.25, 0.3) is 0 Å². The predicted octanol–water partition coefficient (Wildman–Crippen LogP) is 2.41. The molecule has 0 bridgehead atoms. The van der Waals surface area contributed by atoms with Crippen molar-refractivity contribution in [3.05, 3.63) is 11.8 Å². The number of aliphatic imine (C=N–C) groups is 1. The van der Waals surface area contributed by atoms with Gasteiger partial charge in [-0.05, 0) is 27.7 Å². The van der Waals surface area contributed by atoms with Crippen molar-refractivity contribution >= 4 is 11.4 Å². The van der Waals surface area contributed by atoms with E-state index < -0.39 is 0 Å². The fourth-order valence-corrected chi connectivity index (χ4v) is 0.323. The Morgan fingerprint density at radius 3 is 2.00 bits per heavy atom. The molecule has 1 N–H and O–H groups in total. The van der Waals surface area contributed by atoms with Gasteiger partial charge in [0.05, 0.1) is 5.71 Å². The first kappa shape index (κ1) is 9.08. The van der Waals surface area contributed by atoms with Gasteiger partial charge in [-0.2, -0.15) is 0 Å². The minimum Gasteiger partial charge on any atom is -0.304 e. The second-order valence-corrected chi connectivity index (χ2v) is 2.55. The summed E-state index contributed by atoms with van der Waals surface area (Å²) >= 11 is 0. The second kappa shape index (κ2) is 3.99. The number of rotatable bonds is 2. The van der Waals surface area contributed by atoms with Crippen LogP contribution in [-0.4, -0.2) is 11.4 Å². The Kier molecular flexibility index (Phi) is 3.62. The van der Waals surface area contributed by atoms with Gasteiger partial charge in [0, 0.05) is 11.9 Å². The summed E-state index contributed by atoms with van der Waals surface area (Å²) in [4.78, 5) is 4.05. The molecule has 0 aliphatic heterocycles. The van der Waals surface area contributed by atoms with E-state index in [0.717, 1.165) is 11.3 Å². The Bertz CT molecular complexity index is 183. The highest BCUT2D eigenvalue weighted by Crippen LogP contribution is 1.90. The zero-order valence-electron chi connectivity index (χ0n) is 7.02. The van der Waals surface area contributed by atoms with Crippen LogP contribution in [0.2, 0.25) is 0 Å². The molecule has 0 radical (unpaired) electrons. The van der Waals surface area contributed by atoms with Gasteiger partial charge in [-0.1, -0.05) is 5.57 Å². The highest BCUT2D eigenvalue weighted by atomic mass is 14.7. The fraction of sp³-hybridized carbons (Fsp3) is 0.500. The van der Waals surface area contributed by atoms with Gasteiger partial charge in [-0.15, -0.1) is 0 Å². The van der Waals surface area contributed by atoms with Gasteiger partial charge in [-0.3, -0.25) is 4.99 Å². The Morgan fingerprint density at radius 1 is 1.20 bits per heavy atom. The highest BCUT2D eigenvalue weighted by Gasteiger charge is 1.88. The molecule has 2 heteroatoms. The van der Waals surface area contributed by atoms with Crippen molar-refractivity contribution in [1.29, 1.82) is 5.41 Å². The quantitative estimate of drug-likeness (QED) is 0.569. The van der Waals surface area contributed by atoms with Crippen molar-refractivity contribution in [2.45, 2.75) is 27.7 Å². The normalized spacial score (nSPS) is 11.0. The zero-order valence-corrected chi connectivity index (χ0v) is 7.02. The number of hydrogen-bond donors (Lipinski definition) is 1. The summed E-state index contributed by atoms with van der Waals surface area (Å²) in [7, 11) is 0. The van der Waals surface area contributed by atoms with Crippen LogP contribution in [0.5, 0.6) is 0 Å². The molecule has 0 fully saturated rings. The molecule has 0 spiro atoms. The molecule has 0 aromatic carbocycles. The van der Waals surface area contributed by atoms with Crippen LogP contribution in [0.25, 0.3) is 0 Å². The molecular weight excluding hydrogens is 124 g/mol. The lowest BCUT2D eigenvalue weighted by Gasteiger charge is -1.92. The molecule has 0 saturated carbocycles. The molecule has 0 aromatic rings. The van der Waals surface area contributed by atoms with Gasteiger partial charge >= 0.3 is 0 Å². The second-order valence-electron chi connectivity index (χ2n) is 2.55. The topological polar surface area (TPSA) is 36.2 Å². The van der Waals surface area contributed by atoms with Crippen molar-refractivity contribution < 1.29 is 0 Å². The Morgan fingerprint density at radius 2 is 1.70 bits per heavy atom. The van der Waals surface area contributed by atoms with E-state index in [1.807, 2.05) is 20.8 Å². The third-order valence-corrected chi connectivity index (χ3v) is 1.06. The predicted molar refractivity (Wildman–Crippen MR) is 45.9 cm³/mol. The zero-order chi connectivity index (χ0) is 8.15. The standard InChI is InChI=1S/C8H14N2/c1-6(2)5-10-8(4)7(3)9/h5,9H,1-4H3/b9-7?,10-8-. The number of hydrogen-bond acceptors (Lipinski definition) is 2. The van der Waals surface area contributed by atoms with Crippen molar-refractivity contribution in [1.82, 2.24) is 0 Å². The molecule has 0 saturated heterocycles. The lowest BCUT2D eigenvalue weighted by atomic mass is 10.3. The first-order valence-corrected chi connectivity index (χ1v) is 3.27. The van der Waals surface area contributed by atoms with E-state index in [0.29, 0.717) is 5.71 Å². The van der Waals surface area contributed by atoms with Crippen molar-refractivity contribution in [2.75, 3.05) is 0 Å². The lowest BCUT2D eigenvalue weighted by molar-refractivity contribution is 1.33. The molecular formula is C8H14N2. The van der Waals surface area contributed by atoms with Crippen LogP contribution in [0.1, 0.15) is 27.7 Å². The minimum absolute atomic E-state index is 0.525. The summed E-state index contributed by atoms with van der Waals surface area (Å²) in [5, 5.41) is 7.18. The molecule has 0 rings (SSSR count). The first-order chi connectivity index (χ1) is 4.54. The molecule has 2 nitrogen and oxygen atoms in total. The highest BCUT2D eigenvalue weighted by molar-refractivity contribution is 6.39. The van der Waals surface area contributed by atoms with Crippen LogP contribution < -0.4 is 0 Å². The van der Waals surface area contributed by atoms with E-state index >= 15 is 0 Å². The number of nitrogens with zero attached hydrogens (tertiary/aromatic N) is 1. The monoisotopic (exact) mass is 138 g/mol. The molecule has 56 valence electrons. The molecule has 0 heterocycles. The molecule has 10 heavy (non-hydrogen) atoms. The number of allylic oxidation sites excluding steroid dienone is 1. The smallest absolute Gasteiger partial charge is 0.0577 e. The van der Waals surface area contributed by atoms with E-state index in [1.165, 1.54) is 0 Å². The average molecular weight is 138 g/mol. The SMILES string of the molecule is CC(=N)/C(C)=N\C=C(C)C. The third-order valence-electron chi connectivity index (χ3n) is 1.06. The third kappa shape index (κ3) is 4.01. The molecule has 0 unspecified atom stereocenters. The summed E-state index contributed by atoms with van der Waals surface area (Å²) < 4.78 is 0. The maximum absolute atomic E-state index is 7.18. The van der Waals surface area contributed by atoms with Crippen molar-refractivity contribution in [3.8, 4) is 0 Å². The largest absolute Gasteiger partial charge is 0.304 e. The molecule has 0 aromatic heterocycles. The molecule has 0 amide bonds. The molecule has 0 aliphatic carbocycles. The summed E-state index contributed by atoms with van der Waals surface area (Å²) in [5.41, 5.74) is 2.46. The van der Waals surface area contributed by atoms with Gasteiger partial charge in [0.2, 0.25) is 0 Å². The molecule has 0 aliphatic rings. The van der Waals surface area contributed by atoms with E-state index in [-0.39, 0.29) is 0 Å². The Balaban J connectivity index is 4.19. The lowest BCUT2D eigenvalue weighted by Crippen LogP contribution is -2.01. The maximum Gasteiger partial charge on any atom is 0.0577 e. The van der Waals surface area contributed by atoms with Gasteiger partial charge in [-0.25, -0.2) is 0 Å². The van der Waals surface area contributed by atoms with Crippen LogP contribution in [0.4, 0.5) is 0 Å².